The zero-order valence-electron chi connectivity index (χ0n) is 11.1. The Balaban J connectivity index is 1.86. The third-order valence-electron chi connectivity index (χ3n) is 3.15. The highest BCUT2D eigenvalue weighted by atomic mass is 16.6. The molecule has 22 heavy (non-hydrogen) atoms. The number of hydrogen-bond acceptors (Lipinski definition) is 9. The van der Waals surface area contributed by atoms with Gasteiger partial charge in [0.1, 0.15) is 17.1 Å². The molecule has 2 aromatic rings. The number of anilines is 1. The van der Waals surface area contributed by atoms with Crippen molar-refractivity contribution in [2.45, 2.75) is 12.8 Å². The van der Waals surface area contributed by atoms with E-state index in [4.69, 9.17) is 5.21 Å². The lowest BCUT2D eigenvalue weighted by Crippen LogP contribution is -2.24. The number of benzene rings is 1. The van der Waals surface area contributed by atoms with Gasteiger partial charge in [0, 0.05) is 25.0 Å². The van der Waals surface area contributed by atoms with Gasteiger partial charge in [0.25, 0.3) is 5.69 Å². The van der Waals surface area contributed by atoms with Crippen LogP contribution in [-0.4, -0.2) is 31.9 Å². The normalized spacial score (nSPS) is 17.5. The molecule has 1 aliphatic carbocycles. The van der Waals surface area contributed by atoms with Crippen molar-refractivity contribution in [2.24, 2.45) is 10.3 Å². The van der Waals surface area contributed by atoms with Crippen LogP contribution in [0.15, 0.2) is 39.2 Å². The van der Waals surface area contributed by atoms with Crippen LogP contribution in [0.3, 0.4) is 0 Å². The second-order valence-electron chi connectivity index (χ2n) is 4.48. The van der Waals surface area contributed by atoms with Gasteiger partial charge in [-0.3, -0.25) is 15.5 Å². The summed E-state index contributed by atoms with van der Waals surface area (Å²) in [6, 6.07) is 5.74. The van der Waals surface area contributed by atoms with Gasteiger partial charge in [0.05, 0.1) is 10.6 Å². The quantitative estimate of drug-likeness (QED) is 0.498. The van der Waals surface area contributed by atoms with E-state index in [9.17, 15) is 10.1 Å². The standard InChI is InChI=1S/C12H10N6O4/c19-15-9-5-6-10-12(17-22-16-10)11(9)14-13-7-1-3-8(4-2-7)18(20)21/h1-4,13,19H,5-6H2. The average molecular weight is 302 g/mol. The molecule has 0 saturated carbocycles. The second kappa shape index (κ2) is 5.60. The van der Waals surface area contributed by atoms with Crippen molar-refractivity contribution >= 4 is 22.8 Å². The molecule has 0 spiro atoms. The van der Waals surface area contributed by atoms with Crippen LogP contribution in [0.5, 0.6) is 0 Å². The van der Waals surface area contributed by atoms with Crippen LogP contribution in [0.4, 0.5) is 11.4 Å². The molecule has 2 N–H and O–H groups in total. The summed E-state index contributed by atoms with van der Waals surface area (Å²) < 4.78 is 4.66. The molecule has 3 rings (SSSR count). The van der Waals surface area contributed by atoms with Gasteiger partial charge in [-0.25, -0.2) is 4.63 Å². The number of aryl methyl sites for hydroxylation is 1. The Bertz CT molecular complexity index is 764. The number of nitrogens with zero attached hydrogens (tertiary/aromatic N) is 5. The zero-order valence-corrected chi connectivity index (χ0v) is 11.1. The van der Waals surface area contributed by atoms with Gasteiger partial charge in [-0.2, -0.15) is 5.10 Å². The summed E-state index contributed by atoms with van der Waals surface area (Å²) >= 11 is 0. The number of fused-ring (bicyclic) bond motifs is 1. The third kappa shape index (κ3) is 2.49. The fraction of sp³-hybridized carbons (Fsp3) is 0.167. The molecule has 0 amide bonds. The summed E-state index contributed by atoms with van der Waals surface area (Å²) in [5.41, 5.74) is 4.99. The Morgan fingerprint density at radius 1 is 1.27 bits per heavy atom. The van der Waals surface area contributed by atoms with Gasteiger partial charge in [0.2, 0.25) is 0 Å². The lowest BCUT2D eigenvalue weighted by atomic mass is 9.97. The molecule has 0 bridgehead atoms. The first-order valence-electron chi connectivity index (χ1n) is 6.30. The van der Waals surface area contributed by atoms with Crippen molar-refractivity contribution in [1.82, 2.24) is 10.3 Å². The lowest BCUT2D eigenvalue weighted by molar-refractivity contribution is -0.384. The molecular formula is C12H10N6O4. The number of hydrazone groups is 1. The van der Waals surface area contributed by atoms with Crippen molar-refractivity contribution in [1.29, 1.82) is 0 Å². The Kier molecular flexibility index (Phi) is 3.48. The van der Waals surface area contributed by atoms with Crippen LogP contribution < -0.4 is 5.43 Å². The first-order chi connectivity index (χ1) is 10.7. The minimum absolute atomic E-state index is 0.0172. The van der Waals surface area contributed by atoms with Gasteiger partial charge >= 0.3 is 0 Å². The van der Waals surface area contributed by atoms with E-state index >= 15 is 0 Å². The summed E-state index contributed by atoms with van der Waals surface area (Å²) in [5, 5.41) is 34.5. The molecule has 1 aliphatic rings. The number of nitro groups is 1. The fourth-order valence-corrected chi connectivity index (χ4v) is 2.04. The Hall–Kier alpha value is -3.30. The largest absolute Gasteiger partial charge is 0.411 e. The molecule has 0 unspecified atom stereocenters. The summed E-state index contributed by atoms with van der Waals surface area (Å²) in [5.74, 6) is 0. The van der Waals surface area contributed by atoms with E-state index in [0.29, 0.717) is 41.3 Å². The zero-order chi connectivity index (χ0) is 15.5. The molecular weight excluding hydrogens is 292 g/mol. The van der Waals surface area contributed by atoms with Crippen LogP contribution in [0.2, 0.25) is 0 Å². The number of hydrogen-bond donors (Lipinski definition) is 2. The third-order valence-corrected chi connectivity index (χ3v) is 3.15. The molecule has 112 valence electrons. The van der Waals surface area contributed by atoms with Gasteiger partial charge in [-0.15, -0.1) is 0 Å². The molecule has 0 atom stereocenters. The first-order valence-corrected chi connectivity index (χ1v) is 6.30. The van der Waals surface area contributed by atoms with Crippen LogP contribution >= 0.6 is 0 Å². The highest BCUT2D eigenvalue weighted by molar-refractivity contribution is 6.48. The molecule has 0 aliphatic heterocycles. The highest BCUT2D eigenvalue weighted by Gasteiger charge is 2.27. The smallest absolute Gasteiger partial charge is 0.269 e. The van der Waals surface area contributed by atoms with E-state index in [1.54, 1.807) is 0 Å². The van der Waals surface area contributed by atoms with Crippen LogP contribution in [0.25, 0.3) is 0 Å². The highest BCUT2D eigenvalue weighted by Crippen LogP contribution is 2.19. The van der Waals surface area contributed by atoms with Crippen LogP contribution in [0.1, 0.15) is 17.8 Å². The summed E-state index contributed by atoms with van der Waals surface area (Å²) in [6.07, 6.45) is 1.01. The van der Waals surface area contributed by atoms with E-state index in [2.05, 4.69) is 30.6 Å². The van der Waals surface area contributed by atoms with E-state index in [-0.39, 0.29) is 5.69 Å². The number of nitro benzene ring substituents is 1. The van der Waals surface area contributed by atoms with E-state index in [1.165, 1.54) is 24.3 Å². The van der Waals surface area contributed by atoms with E-state index in [0.717, 1.165) is 0 Å². The number of nitrogens with one attached hydrogen (secondary N) is 1. The molecule has 1 aromatic carbocycles. The molecule has 1 heterocycles. The SMILES string of the molecule is O=[N+]([O-])c1ccc(NN=C2C(=NO)CCc3nonc32)cc1. The summed E-state index contributed by atoms with van der Waals surface area (Å²) in [7, 11) is 0. The molecule has 0 fully saturated rings. The Morgan fingerprint density at radius 2 is 2.05 bits per heavy atom. The maximum Gasteiger partial charge on any atom is 0.269 e. The molecule has 10 nitrogen and oxygen atoms in total. The maximum absolute atomic E-state index is 10.6. The molecule has 0 saturated heterocycles. The molecule has 0 radical (unpaired) electrons. The van der Waals surface area contributed by atoms with Crippen LogP contribution in [0, 0.1) is 10.1 Å². The summed E-state index contributed by atoms with van der Waals surface area (Å²) in [6.45, 7) is 0. The predicted octanol–water partition coefficient (Wildman–Crippen LogP) is 1.57. The molecule has 10 heteroatoms. The Morgan fingerprint density at radius 3 is 2.73 bits per heavy atom. The van der Waals surface area contributed by atoms with Gasteiger partial charge in [0.15, 0.2) is 5.69 Å². The minimum Gasteiger partial charge on any atom is -0.411 e. The number of rotatable bonds is 3. The van der Waals surface area contributed by atoms with Crippen molar-refractivity contribution in [3.05, 3.63) is 45.8 Å². The topological polar surface area (TPSA) is 139 Å². The van der Waals surface area contributed by atoms with Crippen molar-refractivity contribution in [3.63, 3.8) is 0 Å². The monoisotopic (exact) mass is 302 g/mol. The van der Waals surface area contributed by atoms with Gasteiger partial charge in [-0.1, -0.05) is 10.3 Å². The Labute approximate surface area is 123 Å². The lowest BCUT2D eigenvalue weighted by Gasteiger charge is -2.11. The van der Waals surface area contributed by atoms with Gasteiger partial charge in [-0.05, 0) is 17.3 Å². The average Bonchev–Trinajstić information content (AvgIpc) is 3.01. The maximum atomic E-state index is 10.6. The fourth-order valence-electron chi connectivity index (χ4n) is 2.04. The van der Waals surface area contributed by atoms with Crippen LogP contribution in [-0.2, 0) is 6.42 Å². The van der Waals surface area contributed by atoms with Gasteiger partial charge < -0.3 is 5.21 Å². The number of oxime groups is 1. The van der Waals surface area contributed by atoms with E-state index < -0.39 is 4.92 Å². The van der Waals surface area contributed by atoms with E-state index in [1.807, 2.05) is 0 Å². The van der Waals surface area contributed by atoms with Crippen molar-refractivity contribution in [2.75, 3.05) is 5.43 Å². The minimum atomic E-state index is -0.485. The number of aromatic nitrogens is 2. The first kappa shape index (κ1) is 13.7. The molecule has 1 aromatic heterocycles. The van der Waals surface area contributed by atoms with Crippen molar-refractivity contribution < 1.29 is 14.8 Å². The number of non-ortho nitro benzene ring substituents is 1. The predicted molar refractivity (Wildman–Crippen MR) is 75.1 cm³/mol. The summed E-state index contributed by atoms with van der Waals surface area (Å²) in [4.78, 5) is 10.1. The van der Waals surface area contributed by atoms with Crippen molar-refractivity contribution in [3.8, 4) is 0 Å². The second-order valence-corrected chi connectivity index (χ2v) is 4.48.